The summed E-state index contributed by atoms with van der Waals surface area (Å²) >= 11 is 6.04. The lowest BCUT2D eigenvalue weighted by atomic mass is 10.2. The number of carbonyl (C=O) groups is 1. The van der Waals surface area contributed by atoms with Gasteiger partial charge in [0.25, 0.3) is 0 Å². The predicted molar refractivity (Wildman–Crippen MR) is 70.6 cm³/mol. The normalized spacial score (nSPS) is 10.3. The number of nitrogens with one attached hydrogen (secondary N) is 2. The first kappa shape index (κ1) is 12.4. The fourth-order valence-electron chi connectivity index (χ4n) is 1.56. The number of nitrogens with zero attached hydrogens (tertiary/aromatic N) is 1. The monoisotopic (exact) mass is 264 g/mol. The Labute approximate surface area is 109 Å². The predicted octanol–water partition coefficient (Wildman–Crippen LogP) is 2.08. The second kappa shape index (κ2) is 5.10. The van der Waals surface area contributed by atoms with Gasteiger partial charge in [0.15, 0.2) is 0 Å². The number of aryl methyl sites for hydroxylation is 1. The Morgan fingerprint density at radius 2 is 2.33 bits per heavy atom. The third-order valence-corrected chi connectivity index (χ3v) is 2.96. The first-order valence-corrected chi connectivity index (χ1v) is 5.78. The third kappa shape index (κ3) is 2.62. The number of amides is 1. The lowest BCUT2D eigenvalue weighted by Crippen LogP contribution is -2.11. The van der Waals surface area contributed by atoms with Gasteiger partial charge in [-0.25, -0.2) is 4.98 Å². The van der Waals surface area contributed by atoms with Gasteiger partial charge < -0.3 is 16.0 Å². The largest absolute Gasteiger partial charge is 0.378 e. The van der Waals surface area contributed by atoms with Crippen LogP contribution in [0, 0.1) is 6.92 Å². The van der Waals surface area contributed by atoms with E-state index in [-0.39, 0.29) is 0 Å². The zero-order valence-corrected chi connectivity index (χ0v) is 10.6. The molecule has 0 atom stereocenters. The average Bonchev–Trinajstić information content (AvgIpc) is 2.73. The van der Waals surface area contributed by atoms with Crippen LogP contribution in [0.1, 0.15) is 21.7 Å². The van der Waals surface area contributed by atoms with E-state index in [4.69, 9.17) is 17.3 Å². The van der Waals surface area contributed by atoms with Gasteiger partial charge in [-0.15, -0.1) is 0 Å². The van der Waals surface area contributed by atoms with E-state index in [1.54, 1.807) is 24.5 Å². The van der Waals surface area contributed by atoms with E-state index in [9.17, 15) is 4.79 Å². The van der Waals surface area contributed by atoms with Gasteiger partial charge in [-0.3, -0.25) is 4.79 Å². The number of primary amides is 1. The van der Waals surface area contributed by atoms with E-state index < -0.39 is 5.91 Å². The molecule has 0 aliphatic rings. The summed E-state index contributed by atoms with van der Waals surface area (Å²) in [5.74, 6) is -0.481. The van der Waals surface area contributed by atoms with E-state index in [1.165, 1.54) is 0 Å². The van der Waals surface area contributed by atoms with E-state index in [0.717, 1.165) is 11.4 Å². The molecule has 0 radical (unpaired) electrons. The van der Waals surface area contributed by atoms with Crippen LogP contribution in [0.4, 0.5) is 5.69 Å². The van der Waals surface area contributed by atoms with Crippen molar-refractivity contribution in [3.8, 4) is 0 Å². The number of halogens is 1. The molecule has 18 heavy (non-hydrogen) atoms. The summed E-state index contributed by atoms with van der Waals surface area (Å²) in [5, 5.41) is 3.66. The zero-order chi connectivity index (χ0) is 13.1. The number of carbonyl (C=O) groups excluding carboxylic acids is 1. The Morgan fingerprint density at radius 1 is 1.56 bits per heavy atom. The molecular formula is C12H13ClN4O. The van der Waals surface area contributed by atoms with E-state index in [1.807, 2.05) is 6.92 Å². The minimum Gasteiger partial charge on any atom is -0.378 e. The molecular weight excluding hydrogens is 252 g/mol. The Hall–Kier alpha value is -2.01. The Bertz CT molecular complexity index is 579. The molecule has 2 rings (SSSR count). The number of anilines is 1. The number of aromatic nitrogens is 2. The number of rotatable bonds is 4. The quantitative estimate of drug-likeness (QED) is 0.790. The highest BCUT2D eigenvalue weighted by molar-refractivity contribution is 6.33. The molecule has 4 N–H and O–H groups in total. The molecule has 1 amide bonds. The van der Waals surface area contributed by atoms with E-state index in [0.29, 0.717) is 22.8 Å². The molecule has 1 heterocycles. The lowest BCUT2D eigenvalue weighted by molar-refractivity contribution is 0.100. The van der Waals surface area contributed by atoms with Crippen LogP contribution in [-0.4, -0.2) is 15.9 Å². The molecule has 0 aliphatic carbocycles. The Kier molecular flexibility index (Phi) is 3.53. The van der Waals surface area contributed by atoms with Crippen molar-refractivity contribution in [1.29, 1.82) is 0 Å². The van der Waals surface area contributed by atoms with Crippen LogP contribution in [-0.2, 0) is 6.54 Å². The van der Waals surface area contributed by atoms with Gasteiger partial charge in [-0.05, 0) is 25.1 Å². The molecule has 5 nitrogen and oxygen atoms in total. The topological polar surface area (TPSA) is 83.8 Å². The molecule has 1 aromatic heterocycles. The number of nitrogens with two attached hydrogens (primary N) is 1. The van der Waals surface area contributed by atoms with Crippen LogP contribution < -0.4 is 11.1 Å². The van der Waals surface area contributed by atoms with Gasteiger partial charge in [0.1, 0.15) is 0 Å². The van der Waals surface area contributed by atoms with Gasteiger partial charge in [-0.1, -0.05) is 11.6 Å². The first-order chi connectivity index (χ1) is 8.58. The summed E-state index contributed by atoms with van der Waals surface area (Å²) in [6.07, 6.45) is 1.63. The maximum absolute atomic E-state index is 11.1. The van der Waals surface area contributed by atoms with Crippen LogP contribution in [0.5, 0.6) is 0 Å². The standard InChI is InChI=1S/C12H13ClN4O/c1-7-11(17-6-16-7)5-15-10-4-8(12(14)18)2-3-9(10)13/h2-4,6,15H,5H2,1H3,(H2,14,18)(H,16,17). The van der Waals surface area contributed by atoms with Gasteiger partial charge in [0.2, 0.25) is 5.91 Å². The number of H-pyrrole nitrogens is 1. The lowest BCUT2D eigenvalue weighted by Gasteiger charge is -2.08. The van der Waals surface area contributed by atoms with E-state index >= 15 is 0 Å². The molecule has 0 unspecified atom stereocenters. The molecule has 2 aromatic rings. The van der Waals surface area contributed by atoms with Crippen LogP contribution >= 0.6 is 11.6 Å². The number of imidazole rings is 1. The summed E-state index contributed by atoms with van der Waals surface area (Å²) in [4.78, 5) is 18.2. The Balaban J connectivity index is 2.16. The highest BCUT2D eigenvalue weighted by Crippen LogP contribution is 2.23. The van der Waals surface area contributed by atoms with Crippen molar-refractivity contribution in [2.24, 2.45) is 5.73 Å². The van der Waals surface area contributed by atoms with Crippen LogP contribution in [0.3, 0.4) is 0 Å². The number of benzene rings is 1. The van der Waals surface area contributed by atoms with Crippen molar-refractivity contribution in [2.75, 3.05) is 5.32 Å². The molecule has 0 saturated carbocycles. The van der Waals surface area contributed by atoms with Crippen molar-refractivity contribution in [1.82, 2.24) is 9.97 Å². The fourth-order valence-corrected chi connectivity index (χ4v) is 1.74. The second-order valence-electron chi connectivity index (χ2n) is 3.89. The van der Waals surface area contributed by atoms with Gasteiger partial charge in [-0.2, -0.15) is 0 Å². The molecule has 94 valence electrons. The SMILES string of the molecule is Cc1[nH]cnc1CNc1cc(C(N)=O)ccc1Cl. The zero-order valence-electron chi connectivity index (χ0n) is 9.83. The van der Waals surface area contributed by atoms with Gasteiger partial charge in [0, 0.05) is 11.3 Å². The summed E-state index contributed by atoms with van der Waals surface area (Å²) in [6, 6.07) is 4.86. The maximum atomic E-state index is 11.1. The molecule has 0 fully saturated rings. The third-order valence-electron chi connectivity index (χ3n) is 2.63. The van der Waals surface area contributed by atoms with Crippen LogP contribution in [0.2, 0.25) is 5.02 Å². The maximum Gasteiger partial charge on any atom is 0.248 e. The number of hydrogen-bond donors (Lipinski definition) is 3. The summed E-state index contributed by atoms with van der Waals surface area (Å²) in [5.41, 5.74) is 8.19. The van der Waals surface area contributed by atoms with Crippen molar-refractivity contribution >= 4 is 23.2 Å². The highest BCUT2D eigenvalue weighted by Gasteiger charge is 2.07. The summed E-state index contributed by atoms with van der Waals surface area (Å²) in [7, 11) is 0. The molecule has 1 aromatic carbocycles. The van der Waals surface area contributed by atoms with Crippen molar-refractivity contribution in [3.05, 3.63) is 46.5 Å². The fraction of sp³-hybridized carbons (Fsp3) is 0.167. The minimum atomic E-state index is -0.481. The smallest absolute Gasteiger partial charge is 0.248 e. The van der Waals surface area contributed by atoms with Crippen molar-refractivity contribution in [3.63, 3.8) is 0 Å². The van der Waals surface area contributed by atoms with E-state index in [2.05, 4.69) is 15.3 Å². The number of aromatic amines is 1. The second-order valence-corrected chi connectivity index (χ2v) is 4.29. The number of hydrogen-bond acceptors (Lipinski definition) is 3. The molecule has 0 bridgehead atoms. The highest BCUT2D eigenvalue weighted by atomic mass is 35.5. The molecule has 6 heteroatoms. The van der Waals surface area contributed by atoms with Gasteiger partial charge >= 0.3 is 0 Å². The summed E-state index contributed by atoms with van der Waals surface area (Å²) < 4.78 is 0. The first-order valence-electron chi connectivity index (χ1n) is 5.40. The van der Waals surface area contributed by atoms with Crippen LogP contribution in [0.15, 0.2) is 24.5 Å². The molecule has 0 spiro atoms. The van der Waals surface area contributed by atoms with Gasteiger partial charge in [0.05, 0.1) is 29.3 Å². The minimum absolute atomic E-state index is 0.417. The van der Waals surface area contributed by atoms with Crippen molar-refractivity contribution < 1.29 is 4.79 Å². The summed E-state index contributed by atoms with van der Waals surface area (Å²) in [6.45, 7) is 2.46. The molecule has 0 aliphatic heterocycles. The van der Waals surface area contributed by atoms with Crippen molar-refractivity contribution in [2.45, 2.75) is 13.5 Å². The molecule has 0 saturated heterocycles. The van der Waals surface area contributed by atoms with Crippen LogP contribution in [0.25, 0.3) is 0 Å². The Morgan fingerprint density at radius 3 is 2.94 bits per heavy atom. The average molecular weight is 265 g/mol.